The van der Waals surface area contributed by atoms with Crippen LogP contribution in [0.15, 0.2) is 22.8 Å². The van der Waals surface area contributed by atoms with Gasteiger partial charge in [-0.3, -0.25) is 9.69 Å². The summed E-state index contributed by atoms with van der Waals surface area (Å²) >= 11 is 0. The third kappa shape index (κ3) is 5.06. The predicted octanol–water partition coefficient (Wildman–Crippen LogP) is 1.41. The first-order valence-corrected chi connectivity index (χ1v) is 8.50. The molecule has 0 saturated carbocycles. The molecule has 2 aliphatic rings. The minimum Gasteiger partial charge on any atom is -0.467 e. The number of rotatable bonds is 6. The van der Waals surface area contributed by atoms with Crippen molar-refractivity contribution in [3.05, 3.63) is 24.2 Å². The first-order valence-electron chi connectivity index (χ1n) is 8.50. The second-order valence-corrected chi connectivity index (χ2v) is 6.35. The summed E-state index contributed by atoms with van der Waals surface area (Å²) in [4.78, 5) is 14.4. The number of ether oxygens (including phenoxy) is 2. The molecule has 6 heteroatoms. The molecule has 3 rings (SSSR count). The molecule has 6 nitrogen and oxygen atoms in total. The highest BCUT2D eigenvalue weighted by Crippen LogP contribution is 2.23. The van der Waals surface area contributed by atoms with Crippen LogP contribution in [-0.4, -0.2) is 56.4 Å². The van der Waals surface area contributed by atoms with Gasteiger partial charge in [-0.1, -0.05) is 0 Å². The fourth-order valence-corrected chi connectivity index (χ4v) is 3.32. The molecule has 1 unspecified atom stereocenters. The van der Waals surface area contributed by atoms with Gasteiger partial charge in [-0.15, -0.1) is 0 Å². The Morgan fingerprint density at radius 1 is 1.26 bits per heavy atom. The second-order valence-electron chi connectivity index (χ2n) is 6.35. The largest absolute Gasteiger partial charge is 0.467 e. The van der Waals surface area contributed by atoms with Gasteiger partial charge in [0.2, 0.25) is 5.91 Å². The van der Waals surface area contributed by atoms with Crippen molar-refractivity contribution >= 4 is 5.91 Å². The van der Waals surface area contributed by atoms with E-state index in [0.717, 1.165) is 51.4 Å². The monoisotopic (exact) mass is 322 g/mol. The molecule has 2 saturated heterocycles. The number of carbonyl (C=O) groups is 1. The van der Waals surface area contributed by atoms with E-state index in [4.69, 9.17) is 13.9 Å². The Balaban J connectivity index is 1.46. The Morgan fingerprint density at radius 3 is 2.91 bits per heavy atom. The quantitative estimate of drug-likeness (QED) is 0.858. The van der Waals surface area contributed by atoms with Crippen molar-refractivity contribution in [1.29, 1.82) is 0 Å². The molecule has 2 aliphatic heterocycles. The SMILES string of the molecule is O=C(CN1CCOCC1CC1CCOCC1)NCc1ccco1. The molecule has 1 amide bonds. The highest BCUT2D eigenvalue weighted by atomic mass is 16.5. The van der Waals surface area contributed by atoms with E-state index in [1.54, 1.807) is 6.26 Å². The maximum atomic E-state index is 12.2. The minimum atomic E-state index is 0.0419. The molecule has 3 heterocycles. The van der Waals surface area contributed by atoms with Crippen molar-refractivity contribution in [3.8, 4) is 0 Å². The molecule has 2 fully saturated rings. The number of hydrogen-bond acceptors (Lipinski definition) is 5. The second kappa shape index (κ2) is 8.47. The zero-order valence-corrected chi connectivity index (χ0v) is 13.5. The summed E-state index contributed by atoms with van der Waals surface area (Å²) in [7, 11) is 0. The summed E-state index contributed by atoms with van der Waals surface area (Å²) in [6, 6.07) is 4.03. The standard InChI is InChI=1S/C17H26N2O4/c20-17(18-11-16-2-1-6-23-16)12-19-5-9-22-13-15(19)10-14-3-7-21-8-4-14/h1-2,6,14-15H,3-5,7-13H2,(H,18,20). The van der Waals surface area contributed by atoms with E-state index < -0.39 is 0 Å². The van der Waals surface area contributed by atoms with E-state index in [9.17, 15) is 4.79 Å². The Hall–Kier alpha value is -1.37. The fourth-order valence-electron chi connectivity index (χ4n) is 3.32. The molecular formula is C17H26N2O4. The van der Waals surface area contributed by atoms with Crippen molar-refractivity contribution in [2.45, 2.75) is 31.8 Å². The maximum absolute atomic E-state index is 12.2. The summed E-state index contributed by atoms with van der Waals surface area (Å²) in [5, 5.41) is 2.92. The third-order valence-corrected chi connectivity index (χ3v) is 4.68. The summed E-state index contributed by atoms with van der Waals surface area (Å²) in [6.07, 6.45) is 4.95. The zero-order valence-electron chi connectivity index (χ0n) is 13.5. The van der Waals surface area contributed by atoms with Gasteiger partial charge in [-0.2, -0.15) is 0 Å². The number of nitrogens with one attached hydrogen (secondary N) is 1. The van der Waals surface area contributed by atoms with Crippen molar-refractivity contribution in [2.75, 3.05) is 39.5 Å². The van der Waals surface area contributed by atoms with Crippen LogP contribution in [0, 0.1) is 5.92 Å². The molecule has 23 heavy (non-hydrogen) atoms. The Labute approximate surface area is 137 Å². The van der Waals surface area contributed by atoms with Gasteiger partial charge in [0, 0.05) is 25.8 Å². The van der Waals surface area contributed by atoms with Gasteiger partial charge in [0.05, 0.1) is 32.6 Å². The van der Waals surface area contributed by atoms with Crippen molar-refractivity contribution < 1.29 is 18.7 Å². The molecule has 0 aliphatic carbocycles. The first-order chi connectivity index (χ1) is 11.3. The van der Waals surface area contributed by atoms with Gasteiger partial charge in [-0.05, 0) is 37.3 Å². The van der Waals surface area contributed by atoms with E-state index in [-0.39, 0.29) is 5.91 Å². The lowest BCUT2D eigenvalue weighted by Gasteiger charge is -2.37. The van der Waals surface area contributed by atoms with Gasteiger partial charge in [0.15, 0.2) is 0 Å². The van der Waals surface area contributed by atoms with Gasteiger partial charge >= 0.3 is 0 Å². The molecule has 1 aromatic heterocycles. The molecule has 1 aromatic rings. The minimum absolute atomic E-state index is 0.0419. The number of furan rings is 1. The van der Waals surface area contributed by atoms with Gasteiger partial charge in [0.1, 0.15) is 5.76 Å². The normalized spacial score (nSPS) is 23.7. The van der Waals surface area contributed by atoms with Crippen LogP contribution in [0.4, 0.5) is 0 Å². The van der Waals surface area contributed by atoms with E-state index >= 15 is 0 Å². The van der Waals surface area contributed by atoms with Crippen LogP contribution in [0.25, 0.3) is 0 Å². The molecule has 0 aromatic carbocycles. The molecular weight excluding hydrogens is 296 g/mol. The van der Waals surface area contributed by atoms with Crippen LogP contribution in [0.1, 0.15) is 25.0 Å². The molecule has 0 radical (unpaired) electrons. The molecule has 1 N–H and O–H groups in total. The molecule has 1 atom stereocenters. The van der Waals surface area contributed by atoms with Crippen LogP contribution in [0.2, 0.25) is 0 Å². The van der Waals surface area contributed by atoms with Crippen LogP contribution in [0.5, 0.6) is 0 Å². The molecule has 128 valence electrons. The molecule has 0 bridgehead atoms. The topological polar surface area (TPSA) is 63.9 Å². The lowest BCUT2D eigenvalue weighted by Crippen LogP contribution is -2.50. The van der Waals surface area contributed by atoms with Gasteiger partial charge in [-0.25, -0.2) is 0 Å². The zero-order chi connectivity index (χ0) is 15.9. The van der Waals surface area contributed by atoms with Gasteiger partial charge < -0.3 is 19.2 Å². The lowest BCUT2D eigenvalue weighted by molar-refractivity contribution is -0.125. The Bertz CT molecular complexity index is 471. The summed E-state index contributed by atoms with van der Waals surface area (Å²) < 4.78 is 16.3. The number of hydrogen-bond donors (Lipinski definition) is 1. The van der Waals surface area contributed by atoms with E-state index in [1.165, 1.54) is 0 Å². The number of amides is 1. The van der Waals surface area contributed by atoms with E-state index in [0.29, 0.717) is 31.7 Å². The summed E-state index contributed by atoms with van der Waals surface area (Å²) in [5.74, 6) is 1.50. The number of nitrogens with zero attached hydrogens (tertiary/aromatic N) is 1. The average molecular weight is 322 g/mol. The van der Waals surface area contributed by atoms with Crippen molar-refractivity contribution in [3.63, 3.8) is 0 Å². The van der Waals surface area contributed by atoms with Crippen LogP contribution >= 0.6 is 0 Å². The summed E-state index contributed by atoms with van der Waals surface area (Å²) in [6.45, 7) is 4.85. The Kier molecular flexibility index (Phi) is 6.07. The van der Waals surface area contributed by atoms with E-state index in [2.05, 4.69) is 10.2 Å². The smallest absolute Gasteiger partial charge is 0.234 e. The summed E-state index contributed by atoms with van der Waals surface area (Å²) in [5.41, 5.74) is 0. The third-order valence-electron chi connectivity index (χ3n) is 4.68. The highest BCUT2D eigenvalue weighted by Gasteiger charge is 2.28. The van der Waals surface area contributed by atoms with Crippen LogP contribution in [0.3, 0.4) is 0 Å². The van der Waals surface area contributed by atoms with Gasteiger partial charge in [0.25, 0.3) is 0 Å². The van der Waals surface area contributed by atoms with Crippen molar-refractivity contribution in [1.82, 2.24) is 10.2 Å². The lowest BCUT2D eigenvalue weighted by atomic mass is 9.91. The maximum Gasteiger partial charge on any atom is 0.234 e. The van der Waals surface area contributed by atoms with Crippen LogP contribution in [-0.2, 0) is 20.8 Å². The number of carbonyl (C=O) groups excluding carboxylic acids is 1. The number of morpholine rings is 1. The van der Waals surface area contributed by atoms with Crippen LogP contribution < -0.4 is 5.32 Å². The average Bonchev–Trinajstić information content (AvgIpc) is 3.09. The highest BCUT2D eigenvalue weighted by molar-refractivity contribution is 5.78. The predicted molar refractivity (Wildman–Crippen MR) is 84.9 cm³/mol. The van der Waals surface area contributed by atoms with E-state index in [1.807, 2.05) is 12.1 Å². The van der Waals surface area contributed by atoms with Crippen molar-refractivity contribution in [2.24, 2.45) is 5.92 Å². The first kappa shape index (κ1) is 16.5. The Morgan fingerprint density at radius 2 is 2.13 bits per heavy atom. The molecule has 0 spiro atoms. The fraction of sp³-hybridized carbons (Fsp3) is 0.706.